The van der Waals surface area contributed by atoms with Crippen LogP contribution in [-0.4, -0.2) is 39.6 Å². The molecule has 0 spiro atoms. The van der Waals surface area contributed by atoms with Crippen molar-refractivity contribution in [2.24, 2.45) is 5.73 Å². The van der Waals surface area contributed by atoms with Gasteiger partial charge in [-0.15, -0.1) is 0 Å². The van der Waals surface area contributed by atoms with Crippen LogP contribution < -0.4 is 16.4 Å². The van der Waals surface area contributed by atoms with Gasteiger partial charge >= 0.3 is 0 Å². The summed E-state index contributed by atoms with van der Waals surface area (Å²) >= 11 is 0. The van der Waals surface area contributed by atoms with E-state index in [-0.39, 0.29) is 12.6 Å². The molecule has 8 nitrogen and oxygen atoms in total. The maximum absolute atomic E-state index is 13.0. The molecule has 4 rings (SSSR count). The molecule has 1 aromatic heterocycles. The van der Waals surface area contributed by atoms with E-state index in [1.54, 1.807) is 20.2 Å². The largest absolute Gasteiger partial charge is 0.374 e. The van der Waals surface area contributed by atoms with Crippen LogP contribution in [0.2, 0.25) is 0 Å². The Bertz CT molecular complexity index is 1110. The summed E-state index contributed by atoms with van der Waals surface area (Å²) in [5, 5.41) is 5.51. The van der Waals surface area contributed by atoms with Crippen molar-refractivity contribution in [3.8, 4) is 0 Å². The maximum Gasteiger partial charge on any atom is 0.250 e. The molecule has 0 fully saturated rings. The molecule has 1 aliphatic rings. The van der Waals surface area contributed by atoms with E-state index in [2.05, 4.69) is 39.9 Å². The number of nitrogens with zero attached hydrogens (tertiary/aromatic N) is 2. The number of aromatic nitrogens is 2. The van der Waals surface area contributed by atoms with Crippen LogP contribution in [0, 0.1) is 0 Å². The van der Waals surface area contributed by atoms with E-state index in [0.717, 1.165) is 18.4 Å². The minimum atomic E-state index is -1.13. The molecule has 8 heteroatoms. The third-order valence-electron chi connectivity index (χ3n) is 5.91. The predicted molar refractivity (Wildman–Crippen MR) is 130 cm³/mol. The molecule has 0 saturated carbocycles. The van der Waals surface area contributed by atoms with Crippen molar-refractivity contribution < 1.29 is 14.3 Å². The lowest BCUT2D eigenvalue weighted by molar-refractivity contribution is -0.130. The molecular weight excluding hydrogens is 430 g/mol. The fourth-order valence-corrected chi connectivity index (χ4v) is 3.96. The molecule has 2 aromatic carbocycles. The average molecular weight is 462 g/mol. The summed E-state index contributed by atoms with van der Waals surface area (Å²) in [6, 6.07) is 17.4. The molecule has 1 atom stereocenters. The molecule has 1 heterocycles. The first-order valence-electron chi connectivity index (χ1n) is 11.4. The number of ether oxygens (including phenoxy) is 1. The second-order valence-corrected chi connectivity index (χ2v) is 9.27. The molecule has 34 heavy (non-hydrogen) atoms. The molecule has 0 bridgehead atoms. The van der Waals surface area contributed by atoms with Gasteiger partial charge in [-0.25, -0.2) is 4.98 Å². The van der Waals surface area contributed by atoms with Crippen LogP contribution in [0.25, 0.3) is 0 Å². The Morgan fingerprint density at radius 3 is 2.41 bits per heavy atom. The molecule has 178 valence electrons. The van der Waals surface area contributed by atoms with E-state index in [1.165, 1.54) is 11.1 Å². The normalized spacial score (nSPS) is 14.4. The molecule has 0 radical (unpaired) electrons. The molecule has 1 unspecified atom stereocenters. The highest BCUT2D eigenvalue weighted by atomic mass is 16.5. The third-order valence-corrected chi connectivity index (χ3v) is 5.91. The zero-order chi connectivity index (χ0) is 24.1. The summed E-state index contributed by atoms with van der Waals surface area (Å²) in [5.74, 6) is -0.425. The Morgan fingerprint density at radius 2 is 1.76 bits per heavy atom. The lowest BCUT2D eigenvalue weighted by Crippen LogP contribution is -2.56. The predicted octanol–water partition coefficient (Wildman–Crippen LogP) is 2.60. The quantitative estimate of drug-likeness (QED) is 0.454. The van der Waals surface area contributed by atoms with Gasteiger partial charge in [-0.1, -0.05) is 54.6 Å². The first-order chi connectivity index (χ1) is 16.3. The molecule has 4 N–H and O–H groups in total. The smallest absolute Gasteiger partial charge is 0.250 e. The maximum atomic E-state index is 13.0. The van der Waals surface area contributed by atoms with Crippen LogP contribution in [0.1, 0.15) is 36.6 Å². The van der Waals surface area contributed by atoms with E-state index >= 15 is 0 Å². The van der Waals surface area contributed by atoms with E-state index in [9.17, 15) is 9.59 Å². The minimum Gasteiger partial charge on any atom is -0.374 e. The van der Waals surface area contributed by atoms with Crippen LogP contribution in [-0.2, 0) is 33.8 Å². The Hall–Kier alpha value is -3.49. The number of hydrogen-bond donors (Lipinski definition) is 3. The zero-order valence-electron chi connectivity index (χ0n) is 19.5. The minimum absolute atomic E-state index is 0.00118. The molecule has 2 amide bonds. The Labute approximate surface area is 199 Å². The van der Waals surface area contributed by atoms with Crippen molar-refractivity contribution in [2.45, 2.75) is 50.9 Å². The van der Waals surface area contributed by atoms with Crippen LogP contribution in [0.4, 0.5) is 5.82 Å². The molecule has 1 aliphatic carbocycles. The number of amides is 2. The highest BCUT2D eigenvalue weighted by Crippen LogP contribution is 2.30. The number of fused-ring (bicyclic) bond motifs is 1. The van der Waals surface area contributed by atoms with E-state index < -0.39 is 23.4 Å². The van der Waals surface area contributed by atoms with Gasteiger partial charge < -0.3 is 25.7 Å². The number of imidazole rings is 1. The number of hydrogen-bond acceptors (Lipinski definition) is 5. The standard InChI is InChI=1S/C26H31N5O3/c1-26(2,27)25(33)29-22(16-34-15-18-8-4-3-5-9-18)24(32)30-23-14-31(17-28-23)21-12-19-10-6-7-11-20(19)13-21/h3-11,14,17,21-22H,12-13,15-16,27H2,1-2H3,(H,29,33)(H,30,32). The van der Waals surface area contributed by atoms with Crippen LogP contribution in [0.3, 0.4) is 0 Å². The summed E-state index contributed by atoms with van der Waals surface area (Å²) in [5.41, 5.74) is 8.44. The van der Waals surface area contributed by atoms with Crippen molar-refractivity contribution in [2.75, 3.05) is 11.9 Å². The van der Waals surface area contributed by atoms with Gasteiger partial charge in [0.15, 0.2) is 5.82 Å². The van der Waals surface area contributed by atoms with Crippen molar-refractivity contribution >= 4 is 17.6 Å². The number of carbonyl (C=O) groups excluding carboxylic acids is 2. The molecule has 0 aliphatic heterocycles. The van der Waals surface area contributed by atoms with Gasteiger partial charge in [-0.05, 0) is 43.4 Å². The first-order valence-corrected chi connectivity index (χ1v) is 11.4. The van der Waals surface area contributed by atoms with Crippen molar-refractivity contribution in [1.82, 2.24) is 14.9 Å². The van der Waals surface area contributed by atoms with Crippen molar-refractivity contribution in [3.63, 3.8) is 0 Å². The Balaban J connectivity index is 1.39. The number of anilines is 1. The van der Waals surface area contributed by atoms with Crippen LogP contribution in [0.15, 0.2) is 67.1 Å². The summed E-state index contributed by atoms with van der Waals surface area (Å²) in [4.78, 5) is 29.8. The van der Waals surface area contributed by atoms with Gasteiger partial charge in [0.05, 0.1) is 25.1 Å². The lowest BCUT2D eigenvalue weighted by atomic mass is 10.1. The Kier molecular flexibility index (Phi) is 7.09. The van der Waals surface area contributed by atoms with E-state index in [0.29, 0.717) is 12.4 Å². The van der Waals surface area contributed by atoms with Crippen LogP contribution >= 0.6 is 0 Å². The topological polar surface area (TPSA) is 111 Å². The number of nitrogens with one attached hydrogen (secondary N) is 2. The summed E-state index contributed by atoms with van der Waals surface area (Å²) < 4.78 is 7.76. The van der Waals surface area contributed by atoms with Gasteiger partial charge in [-0.2, -0.15) is 0 Å². The Morgan fingerprint density at radius 1 is 1.12 bits per heavy atom. The number of nitrogens with two attached hydrogens (primary N) is 1. The fraction of sp³-hybridized carbons (Fsp3) is 0.346. The van der Waals surface area contributed by atoms with Gasteiger partial charge in [0, 0.05) is 12.2 Å². The van der Waals surface area contributed by atoms with Gasteiger partial charge in [0.25, 0.3) is 5.91 Å². The summed E-state index contributed by atoms with van der Waals surface area (Å²) in [6.45, 7) is 3.50. The van der Waals surface area contributed by atoms with E-state index in [4.69, 9.17) is 10.5 Å². The highest BCUT2D eigenvalue weighted by molar-refractivity contribution is 5.98. The summed E-state index contributed by atoms with van der Waals surface area (Å²) in [7, 11) is 0. The number of carbonyl (C=O) groups is 2. The second-order valence-electron chi connectivity index (χ2n) is 9.27. The van der Waals surface area contributed by atoms with Gasteiger partial charge in [0.2, 0.25) is 5.91 Å². The lowest BCUT2D eigenvalue weighted by Gasteiger charge is -2.23. The number of benzene rings is 2. The molecular formula is C26H31N5O3. The molecule has 3 aromatic rings. The first kappa shape index (κ1) is 23.7. The van der Waals surface area contributed by atoms with Gasteiger partial charge in [-0.3, -0.25) is 9.59 Å². The zero-order valence-corrected chi connectivity index (χ0v) is 19.5. The summed E-state index contributed by atoms with van der Waals surface area (Å²) in [6.07, 6.45) is 5.41. The van der Waals surface area contributed by atoms with E-state index in [1.807, 2.05) is 41.1 Å². The monoisotopic (exact) mass is 461 g/mol. The third kappa shape index (κ3) is 5.89. The van der Waals surface area contributed by atoms with Crippen LogP contribution in [0.5, 0.6) is 0 Å². The van der Waals surface area contributed by atoms with Crippen molar-refractivity contribution in [1.29, 1.82) is 0 Å². The second kappa shape index (κ2) is 10.2. The van der Waals surface area contributed by atoms with Crippen molar-refractivity contribution in [3.05, 3.63) is 83.8 Å². The number of rotatable bonds is 9. The highest BCUT2D eigenvalue weighted by Gasteiger charge is 2.29. The SMILES string of the molecule is CC(C)(N)C(=O)NC(COCc1ccccc1)C(=O)Nc1cn(C2Cc3ccccc3C2)cn1. The fourth-order valence-electron chi connectivity index (χ4n) is 3.96. The average Bonchev–Trinajstić information content (AvgIpc) is 3.45. The van der Waals surface area contributed by atoms with Gasteiger partial charge in [0.1, 0.15) is 6.04 Å². The molecule has 0 saturated heterocycles.